The molecule has 18 heavy (non-hydrogen) atoms. The molecule has 0 saturated heterocycles. The molecule has 0 aromatic heterocycles. The topological polar surface area (TPSA) is 58.6 Å². The van der Waals surface area contributed by atoms with Gasteiger partial charge in [0.25, 0.3) is 0 Å². The van der Waals surface area contributed by atoms with E-state index in [2.05, 4.69) is 12.2 Å². The third kappa shape index (κ3) is 6.97. The second kappa shape index (κ2) is 7.74. The Kier molecular flexibility index (Phi) is 7.48. The Morgan fingerprint density at radius 3 is 2.39 bits per heavy atom. The Labute approximate surface area is 111 Å². The first kappa shape index (κ1) is 17.4. The van der Waals surface area contributed by atoms with Gasteiger partial charge in [-0.25, -0.2) is 0 Å². The van der Waals surface area contributed by atoms with Crippen LogP contribution in [0.4, 0.5) is 0 Å². The number of methoxy groups -OCH3 is 1. The number of hydrogen-bond acceptors (Lipinski definition) is 3. The van der Waals surface area contributed by atoms with E-state index in [1.165, 1.54) is 7.11 Å². The van der Waals surface area contributed by atoms with Crippen molar-refractivity contribution in [1.82, 2.24) is 5.32 Å². The second-order valence-electron chi connectivity index (χ2n) is 5.95. The van der Waals surface area contributed by atoms with Crippen LogP contribution in [-0.4, -0.2) is 36.9 Å². The number of aliphatic hydroxyl groups is 1. The van der Waals surface area contributed by atoms with Crippen molar-refractivity contribution < 1.29 is 14.6 Å². The lowest BCUT2D eigenvalue weighted by atomic mass is 9.85. The van der Waals surface area contributed by atoms with Crippen LogP contribution in [0, 0.1) is 5.41 Å². The second-order valence-corrected chi connectivity index (χ2v) is 5.95. The van der Waals surface area contributed by atoms with E-state index in [4.69, 9.17) is 4.74 Å². The van der Waals surface area contributed by atoms with Gasteiger partial charge in [-0.1, -0.05) is 40.0 Å². The zero-order valence-corrected chi connectivity index (χ0v) is 12.5. The molecule has 0 aliphatic heterocycles. The predicted molar refractivity (Wildman–Crippen MR) is 73.4 cm³/mol. The molecule has 0 aromatic carbocycles. The minimum Gasteiger partial charge on any atom is -0.386 e. The standard InChI is InChI=1S/C14H29NO3/c1-6-7-8-9-13(2,3)12(16)15-10-14(4,17)11-18-5/h17H,6-11H2,1-5H3,(H,15,16)/t14-/m0/s1. The van der Waals surface area contributed by atoms with Crippen LogP contribution in [0.3, 0.4) is 0 Å². The maximum Gasteiger partial charge on any atom is 0.225 e. The van der Waals surface area contributed by atoms with Gasteiger partial charge in [-0.3, -0.25) is 4.79 Å². The summed E-state index contributed by atoms with van der Waals surface area (Å²) in [5.74, 6) is -0.00465. The van der Waals surface area contributed by atoms with Gasteiger partial charge >= 0.3 is 0 Å². The van der Waals surface area contributed by atoms with E-state index in [9.17, 15) is 9.90 Å². The molecule has 0 aromatic rings. The summed E-state index contributed by atoms with van der Waals surface area (Å²) in [6, 6.07) is 0. The van der Waals surface area contributed by atoms with Crippen molar-refractivity contribution in [2.45, 2.75) is 59.0 Å². The molecule has 0 unspecified atom stereocenters. The highest BCUT2D eigenvalue weighted by Gasteiger charge is 2.29. The lowest BCUT2D eigenvalue weighted by Crippen LogP contribution is -2.47. The third-order valence-corrected chi connectivity index (χ3v) is 3.11. The van der Waals surface area contributed by atoms with Gasteiger partial charge in [0, 0.05) is 19.1 Å². The molecule has 108 valence electrons. The molecule has 0 fully saturated rings. The zero-order chi connectivity index (χ0) is 14.2. The number of ether oxygens (including phenoxy) is 1. The van der Waals surface area contributed by atoms with Crippen LogP contribution in [0.15, 0.2) is 0 Å². The Morgan fingerprint density at radius 2 is 1.89 bits per heavy atom. The van der Waals surface area contributed by atoms with Gasteiger partial charge in [0.15, 0.2) is 0 Å². The molecule has 4 nitrogen and oxygen atoms in total. The van der Waals surface area contributed by atoms with Gasteiger partial charge < -0.3 is 15.2 Å². The summed E-state index contributed by atoms with van der Waals surface area (Å²) >= 11 is 0. The highest BCUT2D eigenvalue weighted by atomic mass is 16.5. The molecule has 1 amide bonds. The largest absolute Gasteiger partial charge is 0.386 e. The molecule has 0 rings (SSSR count). The van der Waals surface area contributed by atoms with Crippen molar-refractivity contribution in [1.29, 1.82) is 0 Å². The molecule has 0 aliphatic carbocycles. The van der Waals surface area contributed by atoms with Crippen molar-refractivity contribution in [3.8, 4) is 0 Å². The molecule has 0 aliphatic rings. The van der Waals surface area contributed by atoms with Crippen molar-refractivity contribution in [2.24, 2.45) is 5.41 Å². The van der Waals surface area contributed by atoms with Gasteiger partial charge in [0.2, 0.25) is 5.91 Å². The van der Waals surface area contributed by atoms with E-state index in [0.717, 1.165) is 25.7 Å². The smallest absolute Gasteiger partial charge is 0.225 e. The molecule has 0 heterocycles. The molecule has 0 spiro atoms. The van der Waals surface area contributed by atoms with E-state index < -0.39 is 5.60 Å². The van der Waals surface area contributed by atoms with E-state index >= 15 is 0 Å². The first-order chi connectivity index (χ1) is 8.25. The Bertz CT molecular complexity index is 249. The summed E-state index contributed by atoms with van der Waals surface area (Å²) in [6.45, 7) is 8.13. The van der Waals surface area contributed by atoms with Crippen molar-refractivity contribution in [2.75, 3.05) is 20.3 Å². The summed E-state index contributed by atoms with van der Waals surface area (Å²) in [6.07, 6.45) is 4.24. The van der Waals surface area contributed by atoms with E-state index in [-0.39, 0.29) is 24.5 Å². The molecule has 2 N–H and O–H groups in total. The van der Waals surface area contributed by atoms with Gasteiger partial charge in [0.05, 0.1) is 6.61 Å². The van der Waals surface area contributed by atoms with Crippen LogP contribution >= 0.6 is 0 Å². The monoisotopic (exact) mass is 259 g/mol. The van der Waals surface area contributed by atoms with Crippen LogP contribution < -0.4 is 5.32 Å². The third-order valence-electron chi connectivity index (χ3n) is 3.11. The normalized spacial score (nSPS) is 15.2. The van der Waals surface area contributed by atoms with Gasteiger partial charge in [-0.2, -0.15) is 0 Å². The van der Waals surface area contributed by atoms with E-state index in [1.807, 2.05) is 13.8 Å². The molecule has 1 atom stereocenters. The van der Waals surface area contributed by atoms with Crippen LogP contribution in [0.2, 0.25) is 0 Å². The lowest BCUT2D eigenvalue weighted by Gasteiger charge is -2.27. The maximum absolute atomic E-state index is 12.0. The quantitative estimate of drug-likeness (QED) is 0.623. The summed E-state index contributed by atoms with van der Waals surface area (Å²) in [5, 5.41) is 12.7. The summed E-state index contributed by atoms with van der Waals surface area (Å²) < 4.78 is 4.90. The summed E-state index contributed by atoms with van der Waals surface area (Å²) in [4.78, 5) is 12.0. The predicted octanol–water partition coefficient (Wildman–Crippen LogP) is 2.11. The van der Waals surface area contributed by atoms with Crippen LogP contribution in [0.1, 0.15) is 53.4 Å². The average Bonchev–Trinajstić information content (AvgIpc) is 2.26. The van der Waals surface area contributed by atoms with Crippen LogP contribution in [-0.2, 0) is 9.53 Å². The number of unbranched alkanes of at least 4 members (excludes halogenated alkanes) is 2. The number of nitrogens with one attached hydrogen (secondary N) is 1. The summed E-state index contributed by atoms with van der Waals surface area (Å²) in [5.41, 5.74) is -1.39. The molecular weight excluding hydrogens is 230 g/mol. The van der Waals surface area contributed by atoms with Gasteiger partial charge in [0.1, 0.15) is 5.60 Å². The van der Waals surface area contributed by atoms with Crippen molar-refractivity contribution in [3.05, 3.63) is 0 Å². The Morgan fingerprint density at radius 1 is 1.28 bits per heavy atom. The molecule has 4 heteroatoms. The summed E-state index contributed by atoms with van der Waals surface area (Å²) in [7, 11) is 1.53. The van der Waals surface area contributed by atoms with Crippen molar-refractivity contribution in [3.63, 3.8) is 0 Å². The fourth-order valence-electron chi connectivity index (χ4n) is 1.80. The fourth-order valence-corrected chi connectivity index (χ4v) is 1.80. The van der Waals surface area contributed by atoms with E-state index in [1.54, 1.807) is 6.92 Å². The molecular formula is C14H29NO3. The number of carbonyl (C=O) groups is 1. The minimum absolute atomic E-state index is 0.00465. The van der Waals surface area contributed by atoms with Crippen molar-refractivity contribution >= 4 is 5.91 Å². The highest BCUT2D eigenvalue weighted by Crippen LogP contribution is 2.24. The minimum atomic E-state index is -1.01. The Balaban J connectivity index is 4.14. The fraction of sp³-hybridized carbons (Fsp3) is 0.929. The number of rotatable bonds is 9. The maximum atomic E-state index is 12.0. The number of hydrogen-bond donors (Lipinski definition) is 2. The SMILES string of the molecule is CCCCCC(C)(C)C(=O)NC[C@](C)(O)COC. The first-order valence-electron chi connectivity index (χ1n) is 6.75. The molecule has 0 saturated carbocycles. The molecule has 0 radical (unpaired) electrons. The first-order valence-corrected chi connectivity index (χ1v) is 6.75. The Hall–Kier alpha value is -0.610. The van der Waals surface area contributed by atoms with Gasteiger partial charge in [-0.05, 0) is 13.3 Å². The number of amides is 1. The highest BCUT2D eigenvalue weighted by molar-refractivity contribution is 5.81. The number of carbonyl (C=O) groups excluding carboxylic acids is 1. The van der Waals surface area contributed by atoms with Crippen LogP contribution in [0.25, 0.3) is 0 Å². The van der Waals surface area contributed by atoms with E-state index in [0.29, 0.717) is 0 Å². The average molecular weight is 259 g/mol. The zero-order valence-electron chi connectivity index (χ0n) is 12.5. The van der Waals surface area contributed by atoms with Crippen LogP contribution in [0.5, 0.6) is 0 Å². The molecule has 0 bridgehead atoms. The lowest BCUT2D eigenvalue weighted by molar-refractivity contribution is -0.131. The van der Waals surface area contributed by atoms with Gasteiger partial charge in [-0.15, -0.1) is 0 Å².